The van der Waals surface area contributed by atoms with Crippen LogP contribution in [0.1, 0.15) is 56.0 Å². The van der Waals surface area contributed by atoms with E-state index in [1.807, 2.05) is 28.8 Å². The summed E-state index contributed by atoms with van der Waals surface area (Å²) >= 11 is 5.32. The minimum Gasteiger partial charge on any atom is -0.497 e. The number of carbonyl (C=O) groups excluding carboxylic acids is 1. The Bertz CT molecular complexity index is 845. The number of hydrogen-bond donors (Lipinski definition) is 2. The molecule has 138 valence electrons. The molecule has 0 aliphatic heterocycles. The van der Waals surface area contributed by atoms with Gasteiger partial charge in [0, 0.05) is 6.04 Å². The highest BCUT2D eigenvalue weighted by Crippen LogP contribution is 2.42. The van der Waals surface area contributed by atoms with Crippen LogP contribution in [0.4, 0.5) is 0 Å². The third kappa shape index (κ3) is 3.05. The zero-order chi connectivity index (χ0) is 18.1. The number of H-pyrrole nitrogens is 1. The van der Waals surface area contributed by atoms with Crippen molar-refractivity contribution in [1.82, 2.24) is 20.1 Å². The number of aromatic nitrogens is 3. The molecule has 0 saturated heterocycles. The third-order valence-electron chi connectivity index (χ3n) is 5.63. The van der Waals surface area contributed by atoms with Crippen molar-refractivity contribution in [3.63, 3.8) is 0 Å². The second-order valence-corrected chi connectivity index (χ2v) is 7.63. The van der Waals surface area contributed by atoms with E-state index in [1.165, 1.54) is 0 Å². The molecule has 26 heavy (non-hydrogen) atoms. The lowest BCUT2D eigenvalue weighted by atomic mass is 9.78. The van der Waals surface area contributed by atoms with Crippen LogP contribution in [0.15, 0.2) is 24.3 Å². The van der Waals surface area contributed by atoms with Crippen molar-refractivity contribution >= 4 is 18.1 Å². The molecule has 1 heterocycles. The molecule has 6 nitrogen and oxygen atoms in total. The Labute approximate surface area is 158 Å². The predicted molar refractivity (Wildman–Crippen MR) is 101 cm³/mol. The second-order valence-electron chi connectivity index (χ2n) is 7.25. The predicted octanol–water partition coefficient (Wildman–Crippen LogP) is 3.41. The number of nitrogens with one attached hydrogen (secondary N) is 2. The number of methoxy groups -OCH3 is 1. The summed E-state index contributed by atoms with van der Waals surface area (Å²) in [6.07, 6.45) is 6.15. The van der Waals surface area contributed by atoms with Crippen molar-refractivity contribution in [2.45, 2.75) is 56.5 Å². The summed E-state index contributed by atoms with van der Waals surface area (Å²) in [6.45, 7) is 0.403. The summed E-state index contributed by atoms with van der Waals surface area (Å²) in [5.74, 6) is 1.70. The number of rotatable bonds is 6. The van der Waals surface area contributed by atoms with E-state index >= 15 is 0 Å². The fraction of sp³-hybridized carbons (Fsp3) is 0.526. The molecule has 1 amide bonds. The minimum absolute atomic E-state index is 0.0800. The maximum atomic E-state index is 13.2. The van der Waals surface area contributed by atoms with Crippen LogP contribution in [0.2, 0.25) is 0 Å². The Balaban J connectivity index is 1.53. The van der Waals surface area contributed by atoms with Crippen LogP contribution in [0.3, 0.4) is 0 Å². The fourth-order valence-corrected chi connectivity index (χ4v) is 4.34. The summed E-state index contributed by atoms with van der Waals surface area (Å²) in [5, 5.41) is 10.3. The highest BCUT2D eigenvalue weighted by molar-refractivity contribution is 7.71. The number of carbonyl (C=O) groups is 1. The van der Waals surface area contributed by atoms with Crippen LogP contribution in [0.5, 0.6) is 5.75 Å². The molecular formula is C19H24N4O2S. The van der Waals surface area contributed by atoms with Crippen LogP contribution >= 0.6 is 12.2 Å². The summed E-state index contributed by atoms with van der Waals surface area (Å²) in [5.41, 5.74) is 0.610. The van der Waals surface area contributed by atoms with Crippen LogP contribution in [0, 0.1) is 4.77 Å². The molecule has 2 aliphatic carbocycles. The Morgan fingerprint density at radius 2 is 2.04 bits per heavy atom. The molecule has 0 unspecified atom stereocenters. The van der Waals surface area contributed by atoms with E-state index in [0.717, 1.165) is 55.7 Å². The van der Waals surface area contributed by atoms with E-state index in [4.69, 9.17) is 17.0 Å². The maximum absolute atomic E-state index is 13.2. The second kappa shape index (κ2) is 6.87. The number of ether oxygens (including phenoxy) is 1. The quantitative estimate of drug-likeness (QED) is 0.762. The Morgan fingerprint density at radius 3 is 2.65 bits per heavy atom. The number of nitrogens with zero attached hydrogens (tertiary/aromatic N) is 2. The van der Waals surface area contributed by atoms with Gasteiger partial charge < -0.3 is 10.1 Å². The molecule has 0 atom stereocenters. The first kappa shape index (κ1) is 17.3. The van der Waals surface area contributed by atoms with Gasteiger partial charge in [0.2, 0.25) is 5.91 Å². The Morgan fingerprint density at radius 1 is 1.35 bits per heavy atom. The molecule has 2 aliphatic rings. The zero-order valence-electron chi connectivity index (χ0n) is 15.0. The van der Waals surface area contributed by atoms with Crippen LogP contribution in [0.25, 0.3) is 0 Å². The summed E-state index contributed by atoms with van der Waals surface area (Å²) in [4.78, 5) is 13.2. The molecule has 7 heteroatoms. The SMILES string of the molecule is COc1ccc(C2(C(=O)NCc3n[nH]c(=S)n3C3CC3)CCCC2)cc1. The van der Waals surface area contributed by atoms with E-state index in [9.17, 15) is 4.79 Å². The fourth-order valence-electron chi connectivity index (χ4n) is 4.04. The number of amides is 1. The maximum Gasteiger partial charge on any atom is 0.231 e. The topological polar surface area (TPSA) is 71.9 Å². The van der Waals surface area contributed by atoms with E-state index in [0.29, 0.717) is 17.4 Å². The van der Waals surface area contributed by atoms with Crippen LogP contribution in [-0.2, 0) is 16.8 Å². The average molecular weight is 372 g/mol. The molecule has 0 spiro atoms. The summed E-state index contributed by atoms with van der Waals surface area (Å²) in [7, 11) is 1.65. The average Bonchev–Trinajstić information content (AvgIpc) is 3.24. The van der Waals surface area contributed by atoms with Crippen LogP contribution in [-0.4, -0.2) is 27.8 Å². The standard InChI is InChI=1S/C19H24N4O2S/c1-25-15-8-4-13(5-9-15)19(10-2-3-11-19)17(24)20-12-16-21-22-18(26)23(16)14-6-7-14/h4-5,8-9,14H,2-3,6-7,10-12H2,1H3,(H,20,24)(H,22,26). The highest BCUT2D eigenvalue weighted by atomic mass is 32.1. The number of benzene rings is 1. The minimum atomic E-state index is -0.455. The van der Waals surface area contributed by atoms with Crippen LogP contribution < -0.4 is 10.1 Å². The van der Waals surface area contributed by atoms with Gasteiger partial charge in [-0.3, -0.25) is 14.5 Å². The lowest BCUT2D eigenvalue weighted by molar-refractivity contribution is -0.126. The van der Waals surface area contributed by atoms with Gasteiger partial charge in [-0.05, 0) is 55.6 Å². The molecule has 2 aromatic rings. The van der Waals surface area contributed by atoms with Gasteiger partial charge in [-0.2, -0.15) is 5.10 Å². The molecule has 4 rings (SSSR count). The van der Waals surface area contributed by atoms with Crippen molar-refractivity contribution in [2.24, 2.45) is 0 Å². The van der Waals surface area contributed by atoms with Gasteiger partial charge in [0.25, 0.3) is 0 Å². The molecule has 2 N–H and O–H groups in total. The molecule has 2 saturated carbocycles. The van der Waals surface area contributed by atoms with E-state index in [-0.39, 0.29) is 5.91 Å². The first-order chi connectivity index (χ1) is 12.6. The smallest absolute Gasteiger partial charge is 0.231 e. The molecule has 0 radical (unpaired) electrons. The van der Waals surface area contributed by atoms with Crippen molar-refractivity contribution in [1.29, 1.82) is 0 Å². The summed E-state index contributed by atoms with van der Waals surface area (Å²) in [6, 6.07) is 8.34. The first-order valence-corrected chi connectivity index (χ1v) is 9.63. The molecule has 2 fully saturated rings. The van der Waals surface area contributed by atoms with Gasteiger partial charge in [-0.1, -0.05) is 25.0 Å². The third-order valence-corrected chi connectivity index (χ3v) is 5.92. The van der Waals surface area contributed by atoms with Gasteiger partial charge in [0.05, 0.1) is 19.1 Å². The number of aromatic amines is 1. The van der Waals surface area contributed by atoms with E-state index < -0.39 is 5.41 Å². The van der Waals surface area contributed by atoms with E-state index in [2.05, 4.69) is 15.5 Å². The van der Waals surface area contributed by atoms with E-state index in [1.54, 1.807) is 7.11 Å². The molecular weight excluding hydrogens is 348 g/mol. The highest BCUT2D eigenvalue weighted by Gasteiger charge is 2.42. The monoisotopic (exact) mass is 372 g/mol. The Kier molecular flexibility index (Phi) is 4.56. The lowest BCUT2D eigenvalue weighted by Crippen LogP contribution is -2.42. The number of hydrogen-bond acceptors (Lipinski definition) is 4. The molecule has 0 bridgehead atoms. The van der Waals surface area contributed by atoms with Crippen molar-refractivity contribution in [2.75, 3.05) is 7.11 Å². The summed E-state index contributed by atoms with van der Waals surface area (Å²) < 4.78 is 7.94. The van der Waals surface area contributed by atoms with Gasteiger partial charge >= 0.3 is 0 Å². The lowest BCUT2D eigenvalue weighted by Gasteiger charge is -2.28. The van der Waals surface area contributed by atoms with Gasteiger partial charge in [0.1, 0.15) is 5.75 Å². The molecule has 1 aromatic heterocycles. The Hall–Kier alpha value is -2.15. The van der Waals surface area contributed by atoms with Crippen molar-refractivity contribution in [3.05, 3.63) is 40.4 Å². The zero-order valence-corrected chi connectivity index (χ0v) is 15.8. The van der Waals surface area contributed by atoms with Gasteiger partial charge in [-0.25, -0.2) is 0 Å². The van der Waals surface area contributed by atoms with Crippen molar-refractivity contribution in [3.8, 4) is 5.75 Å². The molecule has 1 aromatic carbocycles. The first-order valence-electron chi connectivity index (χ1n) is 9.23. The van der Waals surface area contributed by atoms with Crippen molar-refractivity contribution < 1.29 is 9.53 Å². The van der Waals surface area contributed by atoms with Gasteiger partial charge in [-0.15, -0.1) is 0 Å². The normalized spacial score (nSPS) is 18.7. The largest absolute Gasteiger partial charge is 0.497 e. The van der Waals surface area contributed by atoms with Gasteiger partial charge in [0.15, 0.2) is 10.6 Å².